The lowest BCUT2D eigenvalue weighted by atomic mass is 10.1. The van der Waals surface area contributed by atoms with Gasteiger partial charge in [-0.05, 0) is 46.2 Å². The minimum absolute atomic E-state index is 0.0136. The Morgan fingerprint density at radius 2 is 1.96 bits per heavy atom. The van der Waals surface area contributed by atoms with Crippen LogP contribution in [0.4, 0.5) is 11.4 Å². The van der Waals surface area contributed by atoms with Crippen LogP contribution >= 0.6 is 0 Å². The number of fused-ring (bicyclic) bond motifs is 1. The summed E-state index contributed by atoms with van der Waals surface area (Å²) in [5.74, 6) is -1.35. The molecule has 1 aromatic carbocycles. The summed E-state index contributed by atoms with van der Waals surface area (Å²) in [5.41, 5.74) is 11.9. The van der Waals surface area contributed by atoms with Gasteiger partial charge in [-0.1, -0.05) is 0 Å². The third-order valence-corrected chi connectivity index (χ3v) is 3.40. The summed E-state index contributed by atoms with van der Waals surface area (Å²) in [6.45, 7) is 8.51. The molecule has 0 saturated heterocycles. The molecule has 0 bridgehead atoms. The Balaban J connectivity index is 2.54. The zero-order valence-corrected chi connectivity index (χ0v) is 13.9. The Morgan fingerprint density at radius 3 is 2.52 bits per heavy atom. The van der Waals surface area contributed by atoms with Gasteiger partial charge in [-0.2, -0.15) is 0 Å². The lowest BCUT2D eigenvalue weighted by Crippen LogP contribution is -2.27. The number of nitrogens with zero attached hydrogens (tertiary/aromatic N) is 1. The van der Waals surface area contributed by atoms with Crippen molar-refractivity contribution in [3.63, 3.8) is 0 Å². The van der Waals surface area contributed by atoms with Crippen LogP contribution in [0, 0.1) is 6.92 Å². The molecule has 2 rings (SSSR count). The molecule has 0 spiro atoms. The smallest absolute Gasteiger partial charge is 0.347 e. The van der Waals surface area contributed by atoms with Gasteiger partial charge >= 0.3 is 11.6 Å². The maximum Gasteiger partial charge on any atom is 0.347 e. The minimum Gasteiger partial charge on any atom is -0.459 e. The van der Waals surface area contributed by atoms with E-state index in [2.05, 4.69) is 4.98 Å². The number of aromatic nitrogens is 1. The van der Waals surface area contributed by atoms with Crippen molar-refractivity contribution in [3.8, 4) is 0 Å². The first-order chi connectivity index (χ1) is 10.5. The predicted molar refractivity (Wildman–Crippen MR) is 88.1 cm³/mol. The molecular weight excluding hydrogens is 298 g/mol. The van der Waals surface area contributed by atoms with E-state index in [-0.39, 0.29) is 11.3 Å². The highest BCUT2D eigenvalue weighted by molar-refractivity contribution is 5.91. The first kappa shape index (κ1) is 16.8. The van der Waals surface area contributed by atoms with E-state index >= 15 is 0 Å². The molecule has 1 atom stereocenters. The molecule has 0 aliphatic heterocycles. The monoisotopic (exact) mass is 319 g/mol. The van der Waals surface area contributed by atoms with Gasteiger partial charge in [-0.15, -0.1) is 0 Å². The van der Waals surface area contributed by atoms with Gasteiger partial charge in [0, 0.05) is 0 Å². The molecule has 0 amide bonds. The summed E-state index contributed by atoms with van der Waals surface area (Å²) in [5, 5.41) is 0.261. The number of carbonyl (C=O) groups excluding carboxylic acids is 1. The molecule has 1 unspecified atom stereocenters. The Kier molecular flexibility index (Phi) is 4.07. The van der Waals surface area contributed by atoms with Crippen LogP contribution < -0.4 is 17.1 Å². The molecule has 0 fully saturated rings. The van der Waals surface area contributed by atoms with Gasteiger partial charge in [0.15, 0.2) is 0 Å². The normalized spacial score (nSPS) is 13.1. The number of esters is 1. The fourth-order valence-corrected chi connectivity index (χ4v) is 2.15. The first-order valence-electron chi connectivity index (χ1n) is 7.23. The quantitative estimate of drug-likeness (QED) is 0.642. The number of anilines is 2. The van der Waals surface area contributed by atoms with Crippen LogP contribution in [0.5, 0.6) is 0 Å². The van der Waals surface area contributed by atoms with Crippen LogP contribution in [0.3, 0.4) is 0 Å². The summed E-state index contributed by atoms with van der Waals surface area (Å²) >= 11 is 0. The third kappa shape index (κ3) is 3.28. The van der Waals surface area contributed by atoms with Crippen molar-refractivity contribution >= 4 is 28.2 Å². The van der Waals surface area contributed by atoms with Gasteiger partial charge in [0.2, 0.25) is 5.89 Å². The van der Waals surface area contributed by atoms with E-state index in [1.165, 1.54) is 6.07 Å². The van der Waals surface area contributed by atoms with Crippen molar-refractivity contribution in [2.45, 2.75) is 46.1 Å². The van der Waals surface area contributed by atoms with E-state index in [0.717, 1.165) is 0 Å². The Hall–Kier alpha value is -2.57. The van der Waals surface area contributed by atoms with Gasteiger partial charge in [-0.3, -0.25) is 4.79 Å². The van der Waals surface area contributed by atoms with E-state index < -0.39 is 23.1 Å². The maximum absolute atomic E-state index is 12.2. The van der Waals surface area contributed by atoms with Gasteiger partial charge in [-0.25, -0.2) is 9.78 Å². The summed E-state index contributed by atoms with van der Waals surface area (Å²) in [6, 6.07) is 1.50. The Labute approximate surface area is 133 Å². The highest BCUT2D eigenvalue weighted by Gasteiger charge is 2.27. The molecule has 0 aliphatic carbocycles. The molecule has 1 aromatic heterocycles. The molecule has 4 N–H and O–H groups in total. The second-order valence-electron chi connectivity index (χ2n) is 6.49. The number of nitrogen functional groups attached to an aromatic ring is 2. The van der Waals surface area contributed by atoms with Crippen molar-refractivity contribution in [1.82, 2.24) is 4.98 Å². The summed E-state index contributed by atoms with van der Waals surface area (Å²) in [7, 11) is 0. The topological polar surface area (TPSA) is 121 Å². The number of aryl methyl sites for hydroxylation is 1. The van der Waals surface area contributed by atoms with E-state index in [1.807, 2.05) is 0 Å². The average molecular weight is 319 g/mol. The molecule has 7 nitrogen and oxygen atoms in total. The number of hydrogen-bond acceptors (Lipinski definition) is 7. The van der Waals surface area contributed by atoms with Crippen LogP contribution in [0.1, 0.15) is 45.1 Å². The van der Waals surface area contributed by atoms with Gasteiger partial charge in [0.1, 0.15) is 11.5 Å². The lowest BCUT2D eigenvalue weighted by molar-refractivity contribution is -0.156. The average Bonchev–Trinajstić information content (AvgIpc) is 2.41. The molecule has 2 aromatic rings. The number of benzene rings is 1. The summed E-state index contributed by atoms with van der Waals surface area (Å²) in [4.78, 5) is 28.6. The fourth-order valence-electron chi connectivity index (χ4n) is 2.15. The van der Waals surface area contributed by atoms with Gasteiger partial charge < -0.3 is 20.6 Å². The number of hydrogen-bond donors (Lipinski definition) is 2. The van der Waals surface area contributed by atoms with Gasteiger partial charge in [0.05, 0.1) is 22.3 Å². The van der Waals surface area contributed by atoms with E-state index in [0.29, 0.717) is 22.5 Å². The highest BCUT2D eigenvalue weighted by Crippen LogP contribution is 2.27. The predicted octanol–water partition coefficient (Wildman–Crippen LogP) is 2.11. The van der Waals surface area contributed by atoms with Crippen molar-refractivity contribution in [1.29, 1.82) is 0 Å². The lowest BCUT2D eigenvalue weighted by Gasteiger charge is -2.21. The number of ether oxygens (including phenoxy) is 1. The molecular formula is C16H21N3O4. The Morgan fingerprint density at radius 1 is 1.35 bits per heavy atom. The molecule has 1 heterocycles. The third-order valence-electron chi connectivity index (χ3n) is 3.40. The second-order valence-corrected chi connectivity index (χ2v) is 6.49. The first-order valence-corrected chi connectivity index (χ1v) is 7.23. The summed E-state index contributed by atoms with van der Waals surface area (Å²) in [6.07, 6.45) is 0. The van der Waals surface area contributed by atoms with Crippen LogP contribution in [0.15, 0.2) is 15.3 Å². The van der Waals surface area contributed by atoms with E-state index in [4.69, 9.17) is 20.6 Å². The van der Waals surface area contributed by atoms with Crippen LogP contribution in [-0.2, 0) is 9.53 Å². The Bertz CT molecular complexity index is 834. The molecule has 23 heavy (non-hydrogen) atoms. The maximum atomic E-state index is 12.2. The number of carbonyl (C=O) groups is 1. The van der Waals surface area contributed by atoms with Gasteiger partial charge in [0.25, 0.3) is 0 Å². The highest BCUT2D eigenvalue weighted by atomic mass is 16.6. The van der Waals surface area contributed by atoms with Crippen molar-refractivity contribution in [2.24, 2.45) is 0 Å². The SMILES string of the molecule is Cc1c(N)c(N)cc2nc(C(C)C(=O)OC(C)(C)C)oc(=O)c12. The molecule has 124 valence electrons. The van der Waals surface area contributed by atoms with Crippen LogP contribution in [0.25, 0.3) is 10.9 Å². The molecule has 7 heteroatoms. The number of nitrogens with two attached hydrogens (primary N) is 2. The standard InChI is InChI=1S/C16H21N3O4/c1-7-11-10(6-9(17)12(7)18)19-13(22-15(11)21)8(2)14(20)23-16(3,4)5/h6,8H,17-18H2,1-5H3. The van der Waals surface area contributed by atoms with Crippen molar-refractivity contribution < 1.29 is 13.9 Å². The fraction of sp³-hybridized carbons (Fsp3) is 0.438. The largest absolute Gasteiger partial charge is 0.459 e. The second kappa shape index (κ2) is 5.57. The van der Waals surface area contributed by atoms with Crippen molar-refractivity contribution in [3.05, 3.63) is 27.9 Å². The van der Waals surface area contributed by atoms with E-state index in [9.17, 15) is 9.59 Å². The zero-order valence-electron chi connectivity index (χ0n) is 13.9. The van der Waals surface area contributed by atoms with Crippen LogP contribution in [0.2, 0.25) is 0 Å². The molecule has 0 aliphatic rings. The summed E-state index contributed by atoms with van der Waals surface area (Å²) < 4.78 is 10.5. The molecule has 0 saturated carbocycles. The van der Waals surface area contributed by atoms with E-state index in [1.54, 1.807) is 34.6 Å². The minimum atomic E-state index is -0.814. The van der Waals surface area contributed by atoms with Crippen molar-refractivity contribution in [2.75, 3.05) is 11.5 Å². The van der Waals surface area contributed by atoms with Crippen LogP contribution in [-0.4, -0.2) is 16.6 Å². The zero-order chi connectivity index (χ0) is 17.5. The molecule has 0 radical (unpaired) electrons. The number of rotatable bonds is 2.